The molecule has 1 aromatic rings. The van der Waals surface area contributed by atoms with Gasteiger partial charge in [-0.15, -0.1) is 0 Å². The van der Waals surface area contributed by atoms with E-state index < -0.39 is 11.2 Å². The van der Waals surface area contributed by atoms with Crippen molar-refractivity contribution in [2.24, 2.45) is 0 Å². The number of amides is 2. The third kappa shape index (κ3) is 3.36. The van der Waals surface area contributed by atoms with Gasteiger partial charge in [-0.05, 0) is 25.0 Å². The molecule has 0 fully saturated rings. The lowest BCUT2D eigenvalue weighted by atomic mass is 10.1. The Labute approximate surface area is 131 Å². The lowest BCUT2D eigenvalue weighted by Crippen LogP contribution is -2.31. The first-order valence-electron chi connectivity index (χ1n) is 6.77. The monoisotopic (exact) mass is 321 g/mol. The van der Waals surface area contributed by atoms with E-state index in [9.17, 15) is 19.2 Å². The van der Waals surface area contributed by atoms with Gasteiger partial charge < -0.3 is 5.11 Å². The summed E-state index contributed by atoms with van der Waals surface area (Å²) < 4.78 is 0. The number of carboxylic acids is 1. The fourth-order valence-electron chi connectivity index (χ4n) is 2.31. The van der Waals surface area contributed by atoms with Gasteiger partial charge in [0, 0.05) is 13.5 Å². The Morgan fingerprint density at radius 1 is 1.18 bits per heavy atom. The van der Waals surface area contributed by atoms with Crippen molar-refractivity contribution in [1.82, 2.24) is 4.90 Å². The number of hydrogen-bond donors (Lipinski definition) is 1. The maximum Gasteiger partial charge on any atom is 0.317 e. The van der Waals surface area contributed by atoms with E-state index in [1.165, 1.54) is 6.92 Å². The number of rotatable bonds is 6. The molecule has 0 unspecified atom stereocenters. The third-order valence-electron chi connectivity index (χ3n) is 3.31. The first-order valence-corrected chi connectivity index (χ1v) is 7.65. The molecule has 1 heterocycles. The summed E-state index contributed by atoms with van der Waals surface area (Å²) in [5.41, 5.74) is 0.751. The minimum Gasteiger partial charge on any atom is -0.480 e. The summed E-state index contributed by atoms with van der Waals surface area (Å²) >= 11 is 0.752. The Bertz CT molecular complexity index is 608. The molecule has 0 bridgehead atoms. The second kappa shape index (κ2) is 6.74. The van der Waals surface area contributed by atoms with Gasteiger partial charge in [0.15, 0.2) is 5.12 Å². The molecular weight excluding hydrogens is 306 g/mol. The fourth-order valence-corrected chi connectivity index (χ4v) is 3.10. The third-order valence-corrected chi connectivity index (χ3v) is 4.36. The van der Waals surface area contributed by atoms with Crippen molar-refractivity contribution < 1.29 is 24.3 Å². The number of imide groups is 1. The molecular formula is C15H15NO5S. The van der Waals surface area contributed by atoms with Gasteiger partial charge in [0.25, 0.3) is 11.8 Å². The quantitative estimate of drug-likeness (QED) is 0.803. The second-order valence-corrected chi connectivity index (χ2v) is 6.27. The topological polar surface area (TPSA) is 91.8 Å². The fraction of sp³-hybridized carbons (Fsp3) is 0.333. The number of fused-ring (bicyclic) bond motifs is 1. The van der Waals surface area contributed by atoms with Crippen molar-refractivity contribution in [1.29, 1.82) is 0 Å². The van der Waals surface area contributed by atoms with Crippen molar-refractivity contribution in [3.63, 3.8) is 0 Å². The van der Waals surface area contributed by atoms with E-state index in [-0.39, 0.29) is 29.9 Å². The molecule has 1 N–H and O–H groups in total. The number of nitrogens with zero attached hydrogens (tertiary/aromatic N) is 1. The van der Waals surface area contributed by atoms with Crippen molar-refractivity contribution >= 4 is 34.7 Å². The molecule has 116 valence electrons. The summed E-state index contributed by atoms with van der Waals surface area (Å²) in [5.74, 6) is -1.78. The summed E-state index contributed by atoms with van der Waals surface area (Å²) in [6.07, 6.45) is 0.551. The Morgan fingerprint density at radius 2 is 1.73 bits per heavy atom. The van der Waals surface area contributed by atoms with E-state index in [0.29, 0.717) is 17.5 Å². The lowest BCUT2D eigenvalue weighted by molar-refractivity contribution is -0.136. The number of carbonyl (C=O) groups is 4. The lowest BCUT2D eigenvalue weighted by Gasteiger charge is -2.15. The summed E-state index contributed by atoms with van der Waals surface area (Å²) in [5, 5.41) is 7.92. The number of carboxylic acid groups (broad SMARTS) is 1. The van der Waals surface area contributed by atoms with E-state index in [1.807, 2.05) is 0 Å². The van der Waals surface area contributed by atoms with Crippen LogP contribution in [-0.4, -0.2) is 44.7 Å². The first-order chi connectivity index (χ1) is 10.4. The van der Waals surface area contributed by atoms with Gasteiger partial charge in [-0.1, -0.05) is 23.9 Å². The average Bonchev–Trinajstić information content (AvgIpc) is 2.71. The highest BCUT2D eigenvalue weighted by Gasteiger charge is 2.34. The molecule has 0 aromatic heterocycles. The molecule has 22 heavy (non-hydrogen) atoms. The van der Waals surface area contributed by atoms with Gasteiger partial charge in [-0.25, -0.2) is 0 Å². The maximum atomic E-state index is 12.1. The molecule has 7 heteroatoms. The predicted octanol–water partition coefficient (Wildman–Crippen LogP) is 1.80. The highest BCUT2D eigenvalue weighted by molar-refractivity contribution is 8.14. The molecule has 2 amide bonds. The summed E-state index contributed by atoms with van der Waals surface area (Å²) in [4.78, 5) is 47.4. The largest absolute Gasteiger partial charge is 0.480 e. The number of aliphatic carboxylic acids is 1. The van der Waals surface area contributed by atoms with Gasteiger partial charge in [0.2, 0.25) is 0 Å². The van der Waals surface area contributed by atoms with Gasteiger partial charge in [-0.2, -0.15) is 0 Å². The molecule has 1 aliphatic rings. The van der Waals surface area contributed by atoms with Crippen LogP contribution in [0, 0.1) is 0 Å². The molecule has 0 saturated carbocycles. The Hall–Kier alpha value is -2.15. The van der Waals surface area contributed by atoms with Crippen LogP contribution in [0.3, 0.4) is 0 Å². The summed E-state index contributed by atoms with van der Waals surface area (Å²) in [6.45, 7) is 1.46. The van der Waals surface area contributed by atoms with Crippen LogP contribution < -0.4 is 0 Å². The smallest absolute Gasteiger partial charge is 0.317 e. The van der Waals surface area contributed by atoms with Gasteiger partial charge >= 0.3 is 5.97 Å². The van der Waals surface area contributed by atoms with Crippen molar-refractivity contribution in [2.75, 3.05) is 6.54 Å². The number of hydrogen-bond acceptors (Lipinski definition) is 5. The van der Waals surface area contributed by atoms with Gasteiger partial charge in [-0.3, -0.25) is 24.1 Å². The van der Waals surface area contributed by atoms with E-state index in [0.717, 1.165) is 16.7 Å². The van der Waals surface area contributed by atoms with Crippen molar-refractivity contribution in [3.8, 4) is 0 Å². The molecule has 6 nitrogen and oxygen atoms in total. The van der Waals surface area contributed by atoms with E-state index >= 15 is 0 Å². The second-order valence-electron chi connectivity index (χ2n) is 4.89. The molecule has 1 aromatic carbocycles. The van der Waals surface area contributed by atoms with E-state index in [2.05, 4.69) is 0 Å². The minimum atomic E-state index is -1.07. The van der Waals surface area contributed by atoms with Crippen LogP contribution in [0.2, 0.25) is 0 Å². The van der Waals surface area contributed by atoms with Crippen LogP contribution in [0.4, 0.5) is 0 Å². The number of thioether (sulfide) groups is 1. The van der Waals surface area contributed by atoms with Gasteiger partial charge in [0.1, 0.15) is 5.25 Å². The van der Waals surface area contributed by atoms with Crippen LogP contribution in [0.15, 0.2) is 24.3 Å². The Kier molecular flexibility index (Phi) is 4.97. The molecule has 1 atom stereocenters. The standard InChI is InChI=1S/C15H15NO5S/c1-9(17)22-12(15(20)21)7-4-8-16-13(18)10-5-2-3-6-11(10)14(16)19/h2-3,5-6,12H,4,7-8H2,1H3,(H,20,21)/t12-/m0/s1. The Balaban J connectivity index is 1.96. The van der Waals surface area contributed by atoms with Crippen LogP contribution in [0.5, 0.6) is 0 Å². The van der Waals surface area contributed by atoms with Crippen LogP contribution in [0.25, 0.3) is 0 Å². The zero-order chi connectivity index (χ0) is 16.3. The summed E-state index contributed by atoms with van der Waals surface area (Å²) in [7, 11) is 0. The average molecular weight is 321 g/mol. The maximum absolute atomic E-state index is 12.1. The van der Waals surface area contributed by atoms with Crippen molar-refractivity contribution in [2.45, 2.75) is 25.0 Å². The zero-order valence-electron chi connectivity index (χ0n) is 11.9. The van der Waals surface area contributed by atoms with E-state index in [4.69, 9.17) is 5.11 Å². The van der Waals surface area contributed by atoms with Crippen molar-refractivity contribution in [3.05, 3.63) is 35.4 Å². The normalized spacial score (nSPS) is 14.9. The molecule has 0 aliphatic carbocycles. The highest BCUT2D eigenvalue weighted by Crippen LogP contribution is 2.24. The molecule has 0 spiro atoms. The SMILES string of the molecule is CC(=O)S[C@@H](CCCN1C(=O)c2ccccc2C1=O)C(=O)O. The predicted molar refractivity (Wildman–Crippen MR) is 80.7 cm³/mol. The van der Waals surface area contributed by atoms with E-state index in [1.54, 1.807) is 24.3 Å². The minimum absolute atomic E-state index is 0.147. The molecule has 2 rings (SSSR count). The molecule has 0 radical (unpaired) electrons. The molecule has 0 saturated heterocycles. The summed E-state index contributed by atoms with van der Waals surface area (Å²) in [6, 6.07) is 6.58. The Morgan fingerprint density at radius 3 is 2.18 bits per heavy atom. The first kappa shape index (κ1) is 16.2. The van der Waals surface area contributed by atoms with Crippen LogP contribution >= 0.6 is 11.8 Å². The number of carbonyl (C=O) groups excluding carboxylic acids is 3. The number of benzene rings is 1. The molecule has 1 aliphatic heterocycles. The highest BCUT2D eigenvalue weighted by atomic mass is 32.2. The van der Waals surface area contributed by atoms with Gasteiger partial charge in [0.05, 0.1) is 11.1 Å². The zero-order valence-corrected chi connectivity index (χ0v) is 12.8. The van der Waals surface area contributed by atoms with Crippen LogP contribution in [0.1, 0.15) is 40.5 Å². The van der Waals surface area contributed by atoms with Crippen LogP contribution in [-0.2, 0) is 9.59 Å².